The Balaban J connectivity index is 0.00000242. The van der Waals surface area contributed by atoms with Crippen LogP contribution in [-0.2, 0) is 10.0 Å². The summed E-state index contributed by atoms with van der Waals surface area (Å²) < 4.78 is 26.4. The highest BCUT2D eigenvalue weighted by Gasteiger charge is 2.34. The van der Waals surface area contributed by atoms with Crippen LogP contribution in [0, 0.1) is 10.1 Å². The number of rotatable bonds is 4. The van der Waals surface area contributed by atoms with Crippen molar-refractivity contribution in [2.24, 2.45) is 0 Å². The molecule has 0 saturated carbocycles. The second-order valence-electron chi connectivity index (χ2n) is 4.84. The van der Waals surface area contributed by atoms with Crippen molar-refractivity contribution in [1.82, 2.24) is 9.62 Å². The monoisotopic (exact) mass is 369 g/mol. The summed E-state index contributed by atoms with van der Waals surface area (Å²) in [6.07, 6.45) is 1.36. The van der Waals surface area contributed by atoms with E-state index in [0.717, 1.165) is 6.07 Å². The predicted molar refractivity (Wildman–Crippen MR) is 86.2 cm³/mol. The third kappa shape index (κ3) is 3.88. The van der Waals surface area contributed by atoms with Gasteiger partial charge < -0.3 is 5.32 Å². The summed E-state index contributed by atoms with van der Waals surface area (Å²) in [5, 5.41) is 14.3. The molecule has 0 radical (unpaired) electrons. The first-order valence-corrected chi connectivity index (χ1v) is 8.29. The summed E-state index contributed by atoms with van der Waals surface area (Å²) in [6, 6.07) is 3.88. The highest BCUT2D eigenvalue weighted by atomic mass is 35.5. The SMILES string of the molecule is CNC1CCN(S(=O)(=O)c2ccc(Cl)cc2[N+](=O)[O-])CC1.Cl. The van der Waals surface area contributed by atoms with Crippen molar-refractivity contribution < 1.29 is 13.3 Å². The molecule has 124 valence electrons. The largest absolute Gasteiger partial charge is 0.317 e. The predicted octanol–water partition coefficient (Wildman–Crippen LogP) is 2.04. The van der Waals surface area contributed by atoms with Gasteiger partial charge in [-0.25, -0.2) is 8.42 Å². The molecule has 1 aromatic rings. The molecule has 1 aromatic carbocycles. The van der Waals surface area contributed by atoms with Gasteiger partial charge in [0.05, 0.1) is 4.92 Å². The van der Waals surface area contributed by atoms with E-state index in [1.807, 2.05) is 7.05 Å². The van der Waals surface area contributed by atoms with E-state index in [0.29, 0.717) is 25.9 Å². The molecule has 0 unspecified atom stereocenters. The molecular formula is C12H17Cl2N3O4S. The van der Waals surface area contributed by atoms with Crippen molar-refractivity contribution in [3.63, 3.8) is 0 Å². The Kier molecular flexibility index (Phi) is 6.57. The third-order valence-electron chi connectivity index (χ3n) is 3.60. The first-order valence-electron chi connectivity index (χ1n) is 6.47. The van der Waals surface area contributed by atoms with E-state index in [4.69, 9.17) is 11.6 Å². The fraction of sp³-hybridized carbons (Fsp3) is 0.500. The lowest BCUT2D eigenvalue weighted by molar-refractivity contribution is -0.387. The molecule has 1 aliphatic heterocycles. The molecule has 1 N–H and O–H groups in total. The van der Waals surface area contributed by atoms with Crippen LogP contribution in [0.5, 0.6) is 0 Å². The summed E-state index contributed by atoms with van der Waals surface area (Å²) in [6.45, 7) is 0.682. The van der Waals surface area contributed by atoms with Gasteiger partial charge in [0.2, 0.25) is 10.0 Å². The highest BCUT2D eigenvalue weighted by molar-refractivity contribution is 7.89. The molecule has 1 aliphatic rings. The van der Waals surface area contributed by atoms with Gasteiger partial charge in [0.15, 0.2) is 4.90 Å². The summed E-state index contributed by atoms with van der Waals surface area (Å²) in [7, 11) is -2.05. The number of sulfonamides is 1. The van der Waals surface area contributed by atoms with Crippen molar-refractivity contribution in [3.05, 3.63) is 33.3 Å². The topological polar surface area (TPSA) is 92.6 Å². The average molecular weight is 370 g/mol. The summed E-state index contributed by atoms with van der Waals surface area (Å²) in [5.74, 6) is 0. The number of hydrogen-bond donors (Lipinski definition) is 1. The molecular weight excluding hydrogens is 353 g/mol. The van der Waals surface area contributed by atoms with Crippen molar-refractivity contribution in [3.8, 4) is 0 Å². The maximum Gasteiger partial charge on any atom is 0.290 e. The normalized spacial score (nSPS) is 17.0. The van der Waals surface area contributed by atoms with E-state index in [1.165, 1.54) is 16.4 Å². The zero-order valence-corrected chi connectivity index (χ0v) is 14.2. The van der Waals surface area contributed by atoms with Crippen LogP contribution in [-0.4, -0.2) is 43.8 Å². The Morgan fingerprint density at radius 2 is 1.95 bits per heavy atom. The first-order chi connectivity index (χ1) is 9.86. The van der Waals surface area contributed by atoms with Crippen LogP contribution in [0.25, 0.3) is 0 Å². The van der Waals surface area contributed by atoms with Gasteiger partial charge in [-0.15, -0.1) is 12.4 Å². The van der Waals surface area contributed by atoms with Crippen molar-refractivity contribution in [2.75, 3.05) is 20.1 Å². The molecule has 10 heteroatoms. The van der Waals surface area contributed by atoms with Crippen molar-refractivity contribution >= 4 is 39.7 Å². The minimum atomic E-state index is -3.88. The standard InChI is InChI=1S/C12H16ClN3O4S.ClH/c1-14-10-4-6-15(7-5-10)21(19,20)12-3-2-9(13)8-11(12)16(17)18;/h2-3,8,10,14H,4-7H2,1H3;1H. The zero-order chi connectivity index (χ0) is 15.6. The molecule has 0 aliphatic carbocycles. The molecule has 22 heavy (non-hydrogen) atoms. The number of benzene rings is 1. The Labute approximate surface area is 140 Å². The van der Waals surface area contributed by atoms with E-state index >= 15 is 0 Å². The smallest absolute Gasteiger partial charge is 0.290 e. The van der Waals surface area contributed by atoms with Crippen LogP contribution in [0.2, 0.25) is 5.02 Å². The van der Waals surface area contributed by atoms with Gasteiger partial charge in [-0.1, -0.05) is 11.6 Å². The summed E-state index contributed by atoms with van der Waals surface area (Å²) in [4.78, 5) is 10.0. The van der Waals surface area contributed by atoms with Crippen molar-refractivity contribution in [2.45, 2.75) is 23.8 Å². The lowest BCUT2D eigenvalue weighted by atomic mass is 10.1. The lowest BCUT2D eigenvalue weighted by Gasteiger charge is -2.30. The molecule has 1 fully saturated rings. The Bertz CT molecular complexity index is 646. The molecule has 7 nitrogen and oxygen atoms in total. The van der Waals surface area contributed by atoms with Gasteiger partial charge in [-0.2, -0.15) is 4.31 Å². The first kappa shape index (κ1) is 19.1. The Hall–Kier alpha value is -0.930. The van der Waals surface area contributed by atoms with Crippen LogP contribution in [0.4, 0.5) is 5.69 Å². The number of nitrogens with one attached hydrogen (secondary N) is 1. The van der Waals surface area contributed by atoms with E-state index < -0.39 is 20.6 Å². The van der Waals surface area contributed by atoms with Crippen LogP contribution in [0.3, 0.4) is 0 Å². The van der Waals surface area contributed by atoms with E-state index in [9.17, 15) is 18.5 Å². The highest BCUT2D eigenvalue weighted by Crippen LogP contribution is 2.30. The second-order valence-corrected chi connectivity index (χ2v) is 7.18. The molecule has 2 rings (SSSR count). The molecule has 0 spiro atoms. The fourth-order valence-electron chi connectivity index (χ4n) is 2.38. The van der Waals surface area contributed by atoms with Crippen LogP contribution in [0.15, 0.2) is 23.1 Å². The molecule has 1 saturated heterocycles. The molecule has 0 amide bonds. The number of hydrogen-bond acceptors (Lipinski definition) is 5. The quantitative estimate of drug-likeness (QED) is 0.647. The average Bonchev–Trinajstić information content (AvgIpc) is 2.47. The molecule has 0 aromatic heterocycles. The minimum Gasteiger partial charge on any atom is -0.317 e. The fourth-order valence-corrected chi connectivity index (χ4v) is 4.15. The minimum absolute atomic E-state index is 0. The third-order valence-corrected chi connectivity index (χ3v) is 5.78. The number of piperidine rings is 1. The second kappa shape index (κ2) is 7.56. The maximum absolute atomic E-state index is 12.6. The van der Waals surface area contributed by atoms with Crippen LogP contribution < -0.4 is 5.32 Å². The number of nitrogens with zero attached hydrogens (tertiary/aromatic N) is 2. The van der Waals surface area contributed by atoms with Gasteiger partial charge in [0.25, 0.3) is 5.69 Å². The Morgan fingerprint density at radius 3 is 2.45 bits per heavy atom. The van der Waals surface area contributed by atoms with Gasteiger partial charge >= 0.3 is 0 Å². The van der Waals surface area contributed by atoms with Crippen LogP contribution >= 0.6 is 24.0 Å². The lowest BCUT2D eigenvalue weighted by Crippen LogP contribution is -2.43. The summed E-state index contributed by atoms with van der Waals surface area (Å²) >= 11 is 5.71. The number of nitro benzene ring substituents is 1. The maximum atomic E-state index is 12.6. The van der Waals surface area contributed by atoms with Gasteiger partial charge in [0.1, 0.15) is 0 Å². The van der Waals surface area contributed by atoms with Crippen molar-refractivity contribution in [1.29, 1.82) is 0 Å². The molecule has 0 bridgehead atoms. The molecule has 0 atom stereocenters. The number of nitro groups is 1. The van der Waals surface area contributed by atoms with E-state index in [-0.39, 0.29) is 28.4 Å². The number of halogens is 2. The Morgan fingerprint density at radius 1 is 1.36 bits per heavy atom. The van der Waals surface area contributed by atoms with E-state index in [1.54, 1.807) is 0 Å². The van der Waals surface area contributed by atoms with Gasteiger partial charge in [-0.3, -0.25) is 10.1 Å². The zero-order valence-electron chi connectivity index (χ0n) is 11.9. The molecule has 1 heterocycles. The van der Waals surface area contributed by atoms with Gasteiger partial charge in [-0.05, 0) is 32.0 Å². The van der Waals surface area contributed by atoms with Crippen LogP contribution in [0.1, 0.15) is 12.8 Å². The van der Waals surface area contributed by atoms with E-state index in [2.05, 4.69) is 5.32 Å². The summed E-state index contributed by atoms with van der Waals surface area (Å²) in [5.41, 5.74) is -0.488. The van der Waals surface area contributed by atoms with Gasteiger partial charge in [0, 0.05) is 30.2 Å².